The van der Waals surface area contributed by atoms with Crippen molar-refractivity contribution in [1.82, 2.24) is 0 Å². The topological polar surface area (TPSA) is 52.0 Å². The summed E-state index contributed by atoms with van der Waals surface area (Å²) < 4.78 is 0. The van der Waals surface area contributed by atoms with Gasteiger partial charge in [-0.15, -0.1) is 0 Å². The highest BCUT2D eigenvalue weighted by Gasteiger charge is 2.31. The van der Waals surface area contributed by atoms with Crippen LogP contribution in [0.15, 0.2) is 0 Å². The summed E-state index contributed by atoms with van der Waals surface area (Å²) >= 11 is 0. The van der Waals surface area contributed by atoms with Crippen LogP contribution in [0.3, 0.4) is 0 Å². The minimum Gasteiger partial charge on any atom is -0.313 e. The van der Waals surface area contributed by atoms with Gasteiger partial charge in [-0.25, -0.2) is 0 Å². The van der Waals surface area contributed by atoms with E-state index in [1.54, 1.807) is 0 Å². The van der Waals surface area contributed by atoms with Gasteiger partial charge in [0.15, 0.2) is 0 Å². The fourth-order valence-corrected chi connectivity index (χ4v) is 0.530. The number of hydrogen-bond acceptors (Lipinski definition) is 2. The lowest BCUT2D eigenvalue weighted by Gasteiger charge is -2.37. The molecule has 0 rings (SSSR count). The Kier molecular flexibility index (Phi) is 2.25. The molecule has 0 unspecified atom stereocenters. The molecule has 0 amide bonds. The molecule has 0 aromatic carbocycles. The molecule has 0 aliphatic heterocycles. The van der Waals surface area contributed by atoms with Crippen molar-refractivity contribution in [3.8, 4) is 0 Å². The predicted molar refractivity (Wildman–Crippen MR) is 40.9 cm³/mol. The molecule has 56 valence electrons. The van der Waals surface area contributed by atoms with Crippen LogP contribution in [0.4, 0.5) is 0 Å². The maximum absolute atomic E-state index is 5.77. The molecule has 4 N–H and O–H groups in total. The predicted octanol–water partition coefficient (Wildman–Crippen LogP) is 1.06. The van der Waals surface area contributed by atoms with Gasteiger partial charge in [-0.1, -0.05) is 27.7 Å². The van der Waals surface area contributed by atoms with Crippen LogP contribution in [0.25, 0.3) is 0 Å². The van der Waals surface area contributed by atoms with Crippen LogP contribution in [0.1, 0.15) is 34.1 Å². The van der Waals surface area contributed by atoms with Crippen molar-refractivity contribution in [2.24, 2.45) is 16.9 Å². The molecule has 0 heterocycles. The first-order valence-electron chi connectivity index (χ1n) is 3.39. The molecule has 2 heteroatoms. The zero-order valence-electron chi connectivity index (χ0n) is 6.86. The highest BCUT2D eigenvalue weighted by molar-refractivity contribution is 4.87. The fraction of sp³-hybridized carbons (Fsp3) is 1.00. The Bertz CT molecular complexity index is 89.6. The summed E-state index contributed by atoms with van der Waals surface area (Å²) in [6.07, 6.45) is 0.816. The Labute approximate surface area is 57.6 Å². The summed E-state index contributed by atoms with van der Waals surface area (Å²) in [6.45, 7) is 8.16. The Balaban J connectivity index is 4.14. The number of hydrogen-bond donors (Lipinski definition) is 2. The largest absolute Gasteiger partial charge is 0.313 e. The van der Waals surface area contributed by atoms with E-state index < -0.39 is 5.66 Å². The molecule has 0 aromatic heterocycles. The molecule has 0 fully saturated rings. The summed E-state index contributed by atoms with van der Waals surface area (Å²) in [5.41, 5.74) is 11.0. The Morgan fingerprint density at radius 1 is 1.11 bits per heavy atom. The lowest BCUT2D eigenvalue weighted by Crippen LogP contribution is -2.58. The average molecular weight is 130 g/mol. The van der Waals surface area contributed by atoms with Crippen LogP contribution in [0.2, 0.25) is 0 Å². The Hall–Kier alpha value is -0.0800. The molecule has 0 aromatic rings. The van der Waals surface area contributed by atoms with E-state index >= 15 is 0 Å². The second-order valence-corrected chi connectivity index (χ2v) is 3.64. The van der Waals surface area contributed by atoms with Crippen molar-refractivity contribution in [2.45, 2.75) is 39.8 Å². The lowest BCUT2D eigenvalue weighted by molar-refractivity contribution is 0.188. The van der Waals surface area contributed by atoms with Gasteiger partial charge in [0, 0.05) is 0 Å². The van der Waals surface area contributed by atoms with Gasteiger partial charge in [0.25, 0.3) is 0 Å². The van der Waals surface area contributed by atoms with Gasteiger partial charge in [-0.05, 0) is 11.8 Å². The molecule has 0 bridgehead atoms. The van der Waals surface area contributed by atoms with E-state index in [0.29, 0.717) is 0 Å². The highest BCUT2D eigenvalue weighted by atomic mass is 15.0. The Morgan fingerprint density at radius 2 is 1.44 bits per heavy atom. The third kappa shape index (κ3) is 1.95. The van der Waals surface area contributed by atoms with Crippen molar-refractivity contribution in [2.75, 3.05) is 0 Å². The van der Waals surface area contributed by atoms with Gasteiger partial charge in [0.05, 0.1) is 5.66 Å². The maximum Gasteiger partial charge on any atom is 0.0683 e. The minimum atomic E-state index is -0.521. The average Bonchev–Trinajstić information content (AvgIpc) is 1.64. The minimum absolute atomic E-state index is 0.00174. The van der Waals surface area contributed by atoms with E-state index in [4.69, 9.17) is 11.5 Å². The maximum atomic E-state index is 5.77. The van der Waals surface area contributed by atoms with E-state index in [-0.39, 0.29) is 5.41 Å². The Morgan fingerprint density at radius 3 is 1.44 bits per heavy atom. The van der Waals surface area contributed by atoms with Gasteiger partial charge in [-0.2, -0.15) is 0 Å². The molecule has 0 aliphatic rings. The van der Waals surface area contributed by atoms with Gasteiger partial charge < -0.3 is 11.5 Å². The summed E-state index contributed by atoms with van der Waals surface area (Å²) in [5, 5.41) is 0. The van der Waals surface area contributed by atoms with E-state index in [1.165, 1.54) is 0 Å². The fourth-order valence-electron chi connectivity index (χ4n) is 0.530. The molecule has 0 atom stereocenters. The van der Waals surface area contributed by atoms with Crippen molar-refractivity contribution >= 4 is 0 Å². The van der Waals surface area contributed by atoms with Crippen LogP contribution >= 0.6 is 0 Å². The van der Waals surface area contributed by atoms with Crippen molar-refractivity contribution < 1.29 is 0 Å². The molecule has 2 nitrogen and oxygen atoms in total. The smallest absolute Gasteiger partial charge is 0.0683 e. The standard InChI is InChI=1S/C7H18N2/c1-5-7(8,9)6(2,3)4/h5,8-9H2,1-4H3. The lowest BCUT2D eigenvalue weighted by atomic mass is 9.80. The normalized spacial score (nSPS) is 14.0. The SMILES string of the molecule is CCC(N)(N)C(C)(C)C. The second-order valence-electron chi connectivity index (χ2n) is 3.64. The monoisotopic (exact) mass is 130 g/mol. The van der Waals surface area contributed by atoms with Crippen LogP contribution in [0.5, 0.6) is 0 Å². The summed E-state index contributed by atoms with van der Waals surface area (Å²) in [6, 6.07) is 0. The third-order valence-electron chi connectivity index (χ3n) is 1.98. The summed E-state index contributed by atoms with van der Waals surface area (Å²) in [5.74, 6) is 0. The zero-order valence-corrected chi connectivity index (χ0v) is 6.86. The van der Waals surface area contributed by atoms with E-state index in [0.717, 1.165) is 6.42 Å². The van der Waals surface area contributed by atoms with Crippen molar-refractivity contribution in [1.29, 1.82) is 0 Å². The van der Waals surface area contributed by atoms with Gasteiger partial charge in [0.1, 0.15) is 0 Å². The van der Waals surface area contributed by atoms with Crippen LogP contribution in [-0.2, 0) is 0 Å². The number of rotatable bonds is 1. The van der Waals surface area contributed by atoms with Crippen molar-refractivity contribution in [3.05, 3.63) is 0 Å². The van der Waals surface area contributed by atoms with Crippen molar-refractivity contribution in [3.63, 3.8) is 0 Å². The molecular weight excluding hydrogens is 112 g/mol. The van der Waals surface area contributed by atoms with Gasteiger partial charge in [-0.3, -0.25) is 0 Å². The number of nitrogens with two attached hydrogens (primary N) is 2. The molecule has 0 spiro atoms. The van der Waals surface area contributed by atoms with Gasteiger partial charge in [0.2, 0.25) is 0 Å². The van der Waals surface area contributed by atoms with E-state index in [1.807, 2.05) is 6.92 Å². The summed E-state index contributed by atoms with van der Waals surface area (Å²) in [7, 11) is 0. The van der Waals surface area contributed by atoms with E-state index in [2.05, 4.69) is 20.8 Å². The first-order valence-corrected chi connectivity index (χ1v) is 3.39. The first-order chi connectivity index (χ1) is 3.81. The molecule has 0 radical (unpaired) electrons. The van der Waals surface area contributed by atoms with E-state index in [9.17, 15) is 0 Å². The molecule has 9 heavy (non-hydrogen) atoms. The van der Waals surface area contributed by atoms with Gasteiger partial charge >= 0.3 is 0 Å². The van der Waals surface area contributed by atoms with Crippen LogP contribution < -0.4 is 11.5 Å². The highest BCUT2D eigenvalue weighted by Crippen LogP contribution is 2.25. The second kappa shape index (κ2) is 2.27. The third-order valence-corrected chi connectivity index (χ3v) is 1.98. The van der Waals surface area contributed by atoms with Crippen LogP contribution in [0, 0.1) is 5.41 Å². The molecular formula is C7H18N2. The molecule has 0 saturated heterocycles. The first kappa shape index (κ1) is 8.92. The quantitative estimate of drug-likeness (QED) is 0.521. The summed E-state index contributed by atoms with van der Waals surface area (Å²) in [4.78, 5) is 0. The molecule has 0 saturated carbocycles. The zero-order chi connectivity index (χ0) is 7.71. The molecule has 0 aliphatic carbocycles. The van der Waals surface area contributed by atoms with Crippen LogP contribution in [-0.4, -0.2) is 5.66 Å².